The molecule has 0 radical (unpaired) electrons. The van der Waals surface area contributed by atoms with Crippen molar-refractivity contribution in [1.82, 2.24) is 20.4 Å². The molecule has 0 atom stereocenters. The first-order valence-electron chi connectivity index (χ1n) is 7.17. The van der Waals surface area contributed by atoms with E-state index in [0.29, 0.717) is 6.54 Å². The lowest BCUT2D eigenvalue weighted by Gasteiger charge is -2.11. The van der Waals surface area contributed by atoms with E-state index in [-0.39, 0.29) is 0 Å². The maximum absolute atomic E-state index is 5.51. The van der Waals surface area contributed by atoms with E-state index in [1.165, 1.54) is 0 Å². The summed E-state index contributed by atoms with van der Waals surface area (Å²) in [6.07, 6.45) is 4.76. The Balaban J connectivity index is 1.69. The quantitative estimate of drug-likeness (QED) is 0.484. The van der Waals surface area contributed by atoms with E-state index in [0.717, 1.165) is 42.6 Å². The number of hydrogen-bond acceptors (Lipinski definition) is 3. The first kappa shape index (κ1) is 15.2. The number of aromatic nitrogens is 2. The Labute approximate surface area is 125 Å². The Morgan fingerprint density at radius 2 is 2.24 bits per heavy atom. The maximum atomic E-state index is 5.51. The highest BCUT2D eigenvalue weighted by Crippen LogP contribution is 2.12. The lowest BCUT2D eigenvalue weighted by Crippen LogP contribution is -2.37. The van der Waals surface area contributed by atoms with Crippen LogP contribution in [0.2, 0.25) is 0 Å². The predicted molar refractivity (Wildman–Crippen MR) is 83.2 cm³/mol. The second-order valence-electron chi connectivity index (χ2n) is 4.91. The summed E-state index contributed by atoms with van der Waals surface area (Å²) in [6, 6.07) is 3.98. The van der Waals surface area contributed by atoms with Gasteiger partial charge in [0.1, 0.15) is 11.5 Å². The number of aryl methyl sites for hydroxylation is 3. The smallest absolute Gasteiger partial charge is 0.191 e. The third kappa shape index (κ3) is 4.66. The van der Waals surface area contributed by atoms with E-state index < -0.39 is 0 Å². The van der Waals surface area contributed by atoms with Gasteiger partial charge in [0.2, 0.25) is 0 Å². The monoisotopic (exact) mass is 289 g/mol. The maximum Gasteiger partial charge on any atom is 0.191 e. The van der Waals surface area contributed by atoms with E-state index in [9.17, 15) is 0 Å². The highest BCUT2D eigenvalue weighted by molar-refractivity contribution is 5.79. The molecule has 0 amide bonds. The third-order valence-electron chi connectivity index (χ3n) is 3.23. The molecule has 0 aliphatic heterocycles. The number of nitrogens with zero attached hydrogens (tertiary/aromatic N) is 3. The molecule has 6 heteroatoms. The summed E-state index contributed by atoms with van der Waals surface area (Å²) in [4.78, 5) is 4.22. The molecular formula is C15H23N5O. The second-order valence-corrected chi connectivity index (χ2v) is 4.91. The molecule has 21 heavy (non-hydrogen) atoms. The molecule has 0 aliphatic carbocycles. The Morgan fingerprint density at radius 1 is 1.38 bits per heavy atom. The highest BCUT2D eigenvalue weighted by atomic mass is 16.3. The van der Waals surface area contributed by atoms with E-state index in [1.807, 2.05) is 36.9 Å². The zero-order valence-electron chi connectivity index (χ0n) is 12.9. The minimum atomic E-state index is 0.710. The van der Waals surface area contributed by atoms with Crippen LogP contribution in [-0.2, 0) is 13.1 Å². The van der Waals surface area contributed by atoms with Gasteiger partial charge in [-0.1, -0.05) is 0 Å². The molecule has 2 rings (SSSR count). The van der Waals surface area contributed by atoms with Gasteiger partial charge in [0.05, 0.1) is 0 Å². The standard InChI is InChI=1S/C15H23N5O/c1-12-10-14(13(2)21-12)11-18-15(16-3)17-6-4-8-20-9-5-7-19-20/h5,7,9-10H,4,6,8,11H2,1-3H3,(H2,16,17,18). The van der Waals surface area contributed by atoms with Crippen LogP contribution in [0.25, 0.3) is 0 Å². The van der Waals surface area contributed by atoms with Crippen LogP contribution >= 0.6 is 0 Å². The Morgan fingerprint density at radius 3 is 2.86 bits per heavy atom. The fourth-order valence-corrected chi connectivity index (χ4v) is 2.14. The molecule has 0 aromatic carbocycles. The number of furan rings is 1. The van der Waals surface area contributed by atoms with Crippen molar-refractivity contribution in [2.24, 2.45) is 4.99 Å². The Kier molecular flexibility index (Phi) is 5.43. The molecule has 0 spiro atoms. The zero-order chi connectivity index (χ0) is 15.1. The number of rotatable bonds is 6. The summed E-state index contributed by atoms with van der Waals surface area (Å²) in [6.45, 7) is 6.39. The van der Waals surface area contributed by atoms with Gasteiger partial charge in [-0.25, -0.2) is 0 Å². The van der Waals surface area contributed by atoms with Gasteiger partial charge in [-0.15, -0.1) is 0 Å². The second kappa shape index (κ2) is 7.52. The molecule has 0 saturated carbocycles. The van der Waals surface area contributed by atoms with Gasteiger partial charge in [-0.05, 0) is 32.4 Å². The van der Waals surface area contributed by atoms with Crippen LogP contribution in [0.1, 0.15) is 23.5 Å². The number of guanidine groups is 1. The summed E-state index contributed by atoms with van der Waals surface area (Å²) in [7, 11) is 1.77. The van der Waals surface area contributed by atoms with Crippen LogP contribution in [0.4, 0.5) is 0 Å². The lowest BCUT2D eigenvalue weighted by molar-refractivity contribution is 0.500. The van der Waals surface area contributed by atoms with Crippen molar-refractivity contribution in [2.75, 3.05) is 13.6 Å². The fraction of sp³-hybridized carbons (Fsp3) is 0.467. The van der Waals surface area contributed by atoms with Crippen LogP contribution < -0.4 is 10.6 Å². The molecule has 6 nitrogen and oxygen atoms in total. The van der Waals surface area contributed by atoms with Crippen molar-refractivity contribution in [3.63, 3.8) is 0 Å². The fourth-order valence-electron chi connectivity index (χ4n) is 2.14. The zero-order valence-corrected chi connectivity index (χ0v) is 12.9. The average molecular weight is 289 g/mol. The van der Waals surface area contributed by atoms with Crippen molar-refractivity contribution in [1.29, 1.82) is 0 Å². The predicted octanol–water partition coefficient (Wildman–Crippen LogP) is 1.85. The van der Waals surface area contributed by atoms with Gasteiger partial charge in [0.15, 0.2) is 5.96 Å². The summed E-state index contributed by atoms with van der Waals surface area (Å²) in [5.41, 5.74) is 1.16. The van der Waals surface area contributed by atoms with Crippen molar-refractivity contribution < 1.29 is 4.42 Å². The van der Waals surface area contributed by atoms with Crippen LogP contribution in [-0.4, -0.2) is 29.3 Å². The average Bonchev–Trinajstić information content (AvgIpc) is 3.08. The van der Waals surface area contributed by atoms with Gasteiger partial charge < -0.3 is 15.1 Å². The number of nitrogens with one attached hydrogen (secondary N) is 2. The van der Waals surface area contributed by atoms with E-state index in [2.05, 4.69) is 20.7 Å². The normalized spacial score (nSPS) is 11.7. The molecule has 2 N–H and O–H groups in total. The topological polar surface area (TPSA) is 67.4 Å². The van der Waals surface area contributed by atoms with E-state index in [1.54, 1.807) is 13.2 Å². The molecular weight excluding hydrogens is 266 g/mol. The van der Waals surface area contributed by atoms with Crippen LogP contribution in [0.3, 0.4) is 0 Å². The van der Waals surface area contributed by atoms with Crippen molar-refractivity contribution >= 4 is 5.96 Å². The lowest BCUT2D eigenvalue weighted by atomic mass is 10.2. The Bertz CT molecular complexity index is 571. The first-order chi connectivity index (χ1) is 10.2. The first-order valence-corrected chi connectivity index (χ1v) is 7.17. The van der Waals surface area contributed by atoms with Gasteiger partial charge >= 0.3 is 0 Å². The molecule has 0 fully saturated rings. The summed E-state index contributed by atoms with van der Waals surface area (Å²) in [5.74, 6) is 2.69. The van der Waals surface area contributed by atoms with Gasteiger partial charge in [-0.2, -0.15) is 5.10 Å². The summed E-state index contributed by atoms with van der Waals surface area (Å²) >= 11 is 0. The van der Waals surface area contributed by atoms with Crippen molar-refractivity contribution in [3.8, 4) is 0 Å². The number of hydrogen-bond donors (Lipinski definition) is 2. The molecule has 0 bridgehead atoms. The van der Waals surface area contributed by atoms with E-state index in [4.69, 9.17) is 4.42 Å². The van der Waals surface area contributed by atoms with Crippen molar-refractivity contribution in [3.05, 3.63) is 41.6 Å². The molecule has 114 valence electrons. The molecule has 2 aromatic rings. The molecule has 2 aromatic heterocycles. The molecule has 2 heterocycles. The van der Waals surface area contributed by atoms with Gasteiger partial charge in [0.25, 0.3) is 0 Å². The SMILES string of the molecule is CN=C(NCCCn1cccn1)NCc1cc(C)oc1C. The molecule has 0 unspecified atom stereocenters. The van der Waals surface area contributed by atoms with Crippen LogP contribution in [0.5, 0.6) is 0 Å². The summed E-state index contributed by atoms with van der Waals surface area (Å²) < 4.78 is 7.44. The highest BCUT2D eigenvalue weighted by Gasteiger charge is 2.05. The van der Waals surface area contributed by atoms with Gasteiger partial charge in [0, 0.05) is 44.6 Å². The summed E-state index contributed by atoms with van der Waals surface area (Å²) in [5, 5.41) is 10.8. The van der Waals surface area contributed by atoms with E-state index >= 15 is 0 Å². The third-order valence-corrected chi connectivity index (χ3v) is 3.23. The molecule has 0 saturated heterocycles. The molecule has 0 aliphatic rings. The minimum Gasteiger partial charge on any atom is -0.466 e. The Hall–Kier alpha value is -2.24. The van der Waals surface area contributed by atoms with Gasteiger partial charge in [-0.3, -0.25) is 9.67 Å². The van der Waals surface area contributed by atoms with Crippen LogP contribution in [0, 0.1) is 13.8 Å². The largest absolute Gasteiger partial charge is 0.466 e. The van der Waals surface area contributed by atoms with Crippen LogP contribution in [0.15, 0.2) is 33.9 Å². The van der Waals surface area contributed by atoms with Crippen molar-refractivity contribution in [2.45, 2.75) is 33.4 Å². The minimum absolute atomic E-state index is 0.710. The number of aliphatic imine (C=N–C) groups is 1.